The molecule has 12 nitrogen and oxygen atoms in total. The van der Waals surface area contributed by atoms with Crippen molar-refractivity contribution in [2.45, 2.75) is 30.7 Å². The van der Waals surface area contributed by atoms with Gasteiger partial charge in [-0.15, -0.1) is 0 Å². The monoisotopic (exact) mass is 578 g/mol. The summed E-state index contributed by atoms with van der Waals surface area (Å²) >= 11 is 0. The largest absolute Gasteiger partial charge is 0.508 e. The van der Waals surface area contributed by atoms with Crippen LogP contribution in [0.5, 0.6) is 23.0 Å². The second-order valence-corrected chi connectivity index (χ2v) is 9.49. The number of carbonyl (C=O) groups is 1. The van der Waals surface area contributed by atoms with Gasteiger partial charge in [0.1, 0.15) is 58.5 Å². The van der Waals surface area contributed by atoms with E-state index in [-0.39, 0.29) is 33.8 Å². The molecule has 0 radical (unpaired) electrons. The number of hydrogen-bond acceptors (Lipinski definition) is 12. The van der Waals surface area contributed by atoms with Crippen LogP contribution in [0.25, 0.3) is 28.2 Å². The van der Waals surface area contributed by atoms with Gasteiger partial charge in [-0.3, -0.25) is 4.79 Å². The van der Waals surface area contributed by atoms with E-state index in [2.05, 4.69) is 0 Å². The van der Waals surface area contributed by atoms with Gasteiger partial charge >= 0.3 is 5.97 Å². The number of esters is 1. The van der Waals surface area contributed by atoms with Gasteiger partial charge in [-0.1, -0.05) is 24.3 Å². The minimum atomic E-state index is -1.73. The van der Waals surface area contributed by atoms with E-state index >= 15 is 0 Å². The summed E-state index contributed by atoms with van der Waals surface area (Å²) < 4.78 is 22.3. The zero-order valence-electron chi connectivity index (χ0n) is 21.7. The number of fused-ring (bicyclic) bond motifs is 1. The van der Waals surface area contributed by atoms with E-state index in [0.29, 0.717) is 11.1 Å². The molecule has 0 aliphatic carbocycles. The second kappa shape index (κ2) is 11.9. The summed E-state index contributed by atoms with van der Waals surface area (Å²) in [7, 11) is 0. The molecule has 1 aliphatic heterocycles. The smallest absolute Gasteiger partial charge is 0.331 e. The molecule has 1 aliphatic rings. The van der Waals surface area contributed by atoms with E-state index in [4.69, 9.17) is 18.6 Å². The molecule has 218 valence electrons. The van der Waals surface area contributed by atoms with Crippen molar-refractivity contribution in [3.8, 4) is 34.1 Å². The average molecular weight is 579 g/mol. The third-order valence-corrected chi connectivity index (χ3v) is 6.64. The van der Waals surface area contributed by atoms with Crippen LogP contribution in [-0.2, 0) is 14.3 Å². The van der Waals surface area contributed by atoms with Gasteiger partial charge in [-0.05, 0) is 41.5 Å². The van der Waals surface area contributed by atoms with Crippen molar-refractivity contribution in [3.05, 3.63) is 88.8 Å². The predicted octanol–water partition coefficient (Wildman–Crippen LogP) is 2.02. The molecule has 0 saturated carbocycles. The molecule has 0 amide bonds. The zero-order valence-corrected chi connectivity index (χ0v) is 21.7. The summed E-state index contributed by atoms with van der Waals surface area (Å²) in [6, 6.07) is 14.2. The number of aliphatic hydroxyl groups excluding tert-OH is 3. The quantitative estimate of drug-likeness (QED) is 0.138. The first-order chi connectivity index (χ1) is 20.1. The van der Waals surface area contributed by atoms with Crippen molar-refractivity contribution in [1.29, 1.82) is 0 Å². The SMILES string of the molecule is O=C(/C=C/c1ccc(O)cc1)OC1[C@H](Oc2cc(O)c3c(=O)c(-c4ccc(O)cc4)coc3c2)OC(CO)[C@@H](O)[C@@H]1O. The summed E-state index contributed by atoms with van der Waals surface area (Å²) in [5.41, 5.74) is 0.548. The first kappa shape index (κ1) is 28.6. The first-order valence-electron chi connectivity index (χ1n) is 12.7. The fourth-order valence-electron chi connectivity index (χ4n) is 4.45. The van der Waals surface area contributed by atoms with Crippen molar-refractivity contribution < 1.29 is 54.1 Å². The lowest BCUT2D eigenvalue weighted by molar-refractivity contribution is -0.281. The van der Waals surface area contributed by atoms with Gasteiger partial charge in [0, 0.05) is 18.2 Å². The predicted molar refractivity (Wildman–Crippen MR) is 147 cm³/mol. The molecule has 5 rings (SSSR count). The molecule has 1 saturated heterocycles. The summed E-state index contributed by atoms with van der Waals surface area (Å²) in [5.74, 6) is -1.48. The highest BCUT2D eigenvalue weighted by Crippen LogP contribution is 2.33. The van der Waals surface area contributed by atoms with Crippen LogP contribution in [-0.4, -0.2) is 73.9 Å². The molecule has 1 aromatic heterocycles. The van der Waals surface area contributed by atoms with Gasteiger partial charge in [0.15, 0.2) is 6.10 Å². The highest BCUT2D eigenvalue weighted by Gasteiger charge is 2.48. The second-order valence-electron chi connectivity index (χ2n) is 9.49. The van der Waals surface area contributed by atoms with Crippen LogP contribution in [0.1, 0.15) is 5.56 Å². The Balaban J connectivity index is 1.41. The van der Waals surface area contributed by atoms with E-state index in [9.17, 15) is 40.2 Å². The maximum Gasteiger partial charge on any atom is 0.331 e. The van der Waals surface area contributed by atoms with Gasteiger partial charge in [0.05, 0.1) is 12.2 Å². The fourth-order valence-corrected chi connectivity index (χ4v) is 4.45. The molecular formula is C30H26O12. The number of phenolic OH excluding ortho intramolecular Hbond substituents is 3. The van der Waals surface area contributed by atoms with Gasteiger partial charge in [-0.25, -0.2) is 4.79 Å². The van der Waals surface area contributed by atoms with Crippen LogP contribution in [0.2, 0.25) is 0 Å². The van der Waals surface area contributed by atoms with Gasteiger partial charge in [0.25, 0.3) is 0 Å². The average Bonchev–Trinajstić information content (AvgIpc) is 2.97. The number of ether oxygens (including phenoxy) is 3. The standard InChI is InChI=1S/C30H26O12/c31-13-23-27(37)28(38)29(42-24(35)10-3-15-1-6-17(32)7-2-15)30(41-23)40-19-11-21(34)25-22(12-19)39-14-20(26(25)36)16-4-8-18(33)9-5-16/h1-12,14,23,27-34,37-38H,13H2/b10-3+/t23?,27-,28+,29?,30-/m1/s1. The molecule has 4 aromatic rings. The molecule has 5 atom stereocenters. The topological polar surface area (TPSA) is 196 Å². The number of rotatable bonds is 7. The van der Waals surface area contributed by atoms with Crippen LogP contribution < -0.4 is 10.2 Å². The van der Waals surface area contributed by atoms with Gasteiger partial charge in [-0.2, -0.15) is 0 Å². The maximum atomic E-state index is 13.1. The van der Waals surface area contributed by atoms with E-state index in [1.807, 2.05) is 0 Å². The summed E-state index contributed by atoms with van der Waals surface area (Å²) in [6.07, 6.45) is -4.16. The van der Waals surface area contributed by atoms with Gasteiger partial charge < -0.3 is 49.3 Å². The molecule has 3 aromatic carbocycles. The lowest BCUT2D eigenvalue weighted by atomic mass is 9.99. The van der Waals surface area contributed by atoms with Crippen LogP contribution in [0, 0.1) is 0 Å². The van der Waals surface area contributed by atoms with Crippen molar-refractivity contribution in [3.63, 3.8) is 0 Å². The highest BCUT2D eigenvalue weighted by atomic mass is 16.7. The van der Waals surface area contributed by atoms with E-state index in [1.54, 1.807) is 12.1 Å². The Kier molecular flexibility index (Phi) is 8.13. The minimum absolute atomic E-state index is 0.0110. The number of aliphatic hydroxyl groups is 3. The number of benzene rings is 3. The molecule has 42 heavy (non-hydrogen) atoms. The Morgan fingerprint density at radius 1 is 0.929 bits per heavy atom. The van der Waals surface area contributed by atoms with E-state index < -0.39 is 54.5 Å². The molecule has 6 N–H and O–H groups in total. The Morgan fingerprint density at radius 3 is 2.26 bits per heavy atom. The Labute approximate surface area is 237 Å². The van der Waals surface area contributed by atoms with Crippen molar-refractivity contribution >= 4 is 23.0 Å². The van der Waals surface area contributed by atoms with Crippen LogP contribution in [0.3, 0.4) is 0 Å². The maximum absolute atomic E-state index is 13.1. The number of carbonyl (C=O) groups excluding carboxylic acids is 1. The van der Waals surface area contributed by atoms with E-state index in [1.165, 1.54) is 54.8 Å². The molecule has 1 fully saturated rings. The van der Waals surface area contributed by atoms with Crippen LogP contribution >= 0.6 is 0 Å². The molecule has 0 spiro atoms. The molecule has 2 heterocycles. The lowest BCUT2D eigenvalue weighted by Gasteiger charge is -2.41. The van der Waals surface area contributed by atoms with Gasteiger partial charge in [0.2, 0.25) is 11.7 Å². The van der Waals surface area contributed by atoms with Crippen LogP contribution in [0.4, 0.5) is 0 Å². The molecule has 2 unspecified atom stereocenters. The fraction of sp³-hybridized carbons (Fsp3) is 0.200. The number of aromatic hydroxyl groups is 3. The summed E-state index contributed by atoms with van der Waals surface area (Å²) in [5, 5.41) is 60.2. The van der Waals surface area contributed by atoms with Crippen molar-refractivity contribution in [2.24, 2.45) is 0 Å². The normalized spacial score (nSPS) is 22.3. The molecule has 12 heteroatoms. The summed E-state index contributed by atoms with van der Waals surface area (Å²) in [4.78, 5) is 25.7. The Morgan fingerprint density at radius 2 is 1.60 bits per heavy atom. The Bertz CT molecular complexity index is 1660. The first-order valence-corrected chi connectivity index (χ1v) is 12.7. The highest BCUT2D eigenvalue weighted by molar-refractivity contribution is 5.88. The van der Waals surface area contributed by atoms with Crippen molar-refractivity contribution in [2.75, 3.05) is 6.61 Å². The van der Waals surface area contributed by atoms with Crippen molar-refractivity contribution in [1.82, 2.24) is 0 Å². The zero-order chi connectivity index (χ0) is 30.0. The van der Waals surface area contributed by atoms with Crippen LogP contribution in [0.15, 0.2) is 82.2 Å². The third-order valence-electron chi connectivity index (χ3n) is 6.64. The molecular weight excluding hydrogens is 552 g/mol. The minimum Gasteiger partial charge on any atom is -0.508 e. The lowest BCUT2D eigenvalue weighted by Crippen LogP contribution is -2.61. The number of hydrogen-bond donors (Lipinski definition) is 6. The third kappa shape index (κ3) is 5.92. The van der Waals surface area contributed by atoms with E-state index in [0.717, 1.165) is 12.1 Å². The number of phenols is 3. The Hall–Kier alpha value is -4.88. The summed E-state index contributed by atoms with van der Waals surface area (Å²) in [6.45, 7) is -0.697. The molecule has 0 bridgehead atoms.